The molecule has 0 aliphatic heterocycles. The van der Waals surface area contributed by atoms with Crippen LogP contribution in [0.1, 0.15) is 32.4 Å². The topological polar surface area (TPSA) is 104 Å². The van der Waals surface area contributed by atoms with E-state index in [1.165, 1.54) is 0 Å². The molecule has 3 rings (SSSR count). The first-order valence-corrected chi connectivity index (χ1v) is 12.3. The second kappa shape index (κ2) is 10.9. The Hall–Kier alpha value is -3.01. The predicted molar refractivity (Wildman–Crippen MR) is 149 cm³/mol. The van der Waals surface area contributed by atoms with Crippen LogP contribution in [0.2, 0.25) is 5.02 Å². The maximum Gasteiger partial charge on any atom is 0.337 e. The molecule has 0 spiro atoms. The Bertz CT molecular complexity index is 1230. The van der Waals surface area contributed by atoms with Crippen LogP contribution in [-0.4, -0.2) is 72.9 Å². The Morgan fingerprint density at radius 2 is 1.78 bits per heavy atom. The first-order chi connectivity index (χ1) is 16.9. The van der Waals surface area contributed by atoms with Crippen LogP contribution < -0.4 is 16.0 Å². The number of carbonyl (C=O) groups is 1. The molecule has 1 aromatic carbocycles. The minimum atomic E-state index is -1.26. The number of pyridine rings is 1. The standard InChI is InChI=1S/C26H37ClN6O3/c1-26(2,3)36-21(25(34)35)19-17(15-9-11-16(27)12-10-15)18-20(28-4)24(30-6)33(14-13-32(7)8)23(18)31-22(19)29-5/h9-12,21,28,30H,13-14H2,1-8H3,(H,29,31)(H,34,35)/t21-/m0/s1. The smallest absolute Gasteiger partial charge is 0.337 e. The minimum absolute atomic E-state index is 0.443. The summed E-state index contributed by atoms with van der Waals surface area (Å²) in [7, 11) is 9.50. The third-order valence-corrected chi connectivity index (χ3v) is 6.07. The molecule has 0 aliphatic carbocycles. The summed E-state index contributed by atoms with van der Waals surface area (Å²) >= 11 is 6.22. The quantitative estimate of drug-likeness (QED) is 0.299. The van der Waals surface area contributed by atoms with Crippen molar-refractivity contribution in [1.82, 2.24) is 14.5 Å². The summed E-state index contributed by atoms with van der Waals surface area (Å²) in [5.41, 5.74) is 2.84. The van der Waals surface area contributed by atoms with Gasteiger partial charge in [0, 0.05) is 50.4 Å². The molecule has 2 aromatic heterocycles. The number of ether oxygens (including phenoxy) is 1. The molecule has 0 saturated heterocycles. The summed E-state index contributed by atoms with van der Waals surface area (Å²) in [6.07, 6.45) is -1.26. The Kier molecular flexibility index (Phi) is 8.38. The molecule has 3 aromatic rings. The zero-order valence-electron chi connectivity index (χ0n) is 22.3. The zero-order valence-corrected chi connectivity index (χ0v) is 23.0. The summed E-state index contributed by atoms with van der Waals surface area (Å²) in [4.78, 5) is 19.7. The molecule has 0 radical (unpaired) electrons. The number of carboxylic acid groups (broad SMARTS) is 1. The van der Waals surface area contributed by atoms with E-state index < -0.39 is 17.7 Å². The van der Waals surface area contributed by atoms with Crippen LogP contribution >= 0.6 is 11.6 Å². The van der Waals surface area contributed by atoms with Crippen LogP contribution in [0.4, 0.5) is 17.3 Å². The maximum absolute atomic E-state index is 12.6. The first kappa shape index (κ1) is 27.6. The molecular weight excluding hydrogens is 480 g/mol. The number of benzene rings is 1. The van der Waals surface area contributed by atoms with Crippen LogP contribution in [0.15, 0.2) is 24.3 Å². The number of halogens is 1. The van der Waals surface area contributed by atoms with Crippen molar-refractivity contribution in [2.24, 2.45) is 0 Å². The number of nitrogens with one attached hydrogen (secondary N) is 3. The number of nitrogens with zero attached hydrogens (tertiary/aromatic N) is 3. The SMILES string of the molecule is CNc1nc2c(c(NC)c(NC)n2CCN(C)C)c(-c2ccc(Cl)cc2)c1[C@H](OC(C)(C)C)C(=O)O. The van der Waals surface area contributed by atoms with Gasteiger partial charge >= 0.3 is 5.97 Å². The Morgan fingerprint density at radius 3 is 2.25 bits per heavy atom. The molecule has 9 nitrogen and oxygen atoms in total. The molecule has 36 heavy (non-hydrogen) atoms. The molecule has 2 heterocycles. The van der Waals surface area contributed by atoms with Crippen molar-refractivity contribution in [3.05, 3.63) is 34.9 Å². The fourth-order valence-electron chi connectivity index (χ4n) is 4.35. The number of fused-ring (bicyclic) bond motifs is 1. The number of anilines is 3. The van der Waals surface area contributed by atoms with E-state index in [4.69, 9.17) is 21.3 Å². The Balaban J connectivity index is 2.55. The van der Waals surface area contributed by atoms with Gasteiger partial charge in [0.25, 0.3) is 0 Å². The molecule has 0 amide bonds. The fraction of sp³-hybridized carbons (Fsp3) is 0.462. The van der Waals surface area contributed by atoms with Gasteiger partial charge < -0.3 is 35.3 Å². The van der Waals surface area contributed by atoms with Gasteiger partial charge in [-0.2, -0.15) is 0 Å². The molecule has 0 bridgehead atoms. The summed E-state index contributed by atoms with van der Waals surface area (Å²) < 4.78 is 8.24. The van der Waals surface area contributed by atoms with Crippen LogP contribution in [0.5, 0.6) is 0 Å². The summed E-state index contributed by atoms with van der Waals surface area (Å²) in [5, 5.41) is 21.5. The second-order valence-corrected chi connectivity index (χ2v) is 10.3. The van der Waals surface area contributed by atoms with Crippen molar-refractivity contribution in [3.8, 4) is 11.1 Å². The Morgan fingerprint density at radius 1 is 1.14 bits per heavy atom. The van der Waals surface area contributed by atoms with Gasteiger partial charge in [-0.25, -0.2) is 9.78 Å². The number of hydrogen-bond donors (Lipinski definition) is 4. The van der Waals surface area contributed by atoms with Crippen molar-refractivity contribution < 1.29 is 14.6 Å². The zero-order chi connectivity index (χ0) is 26.8. The van der Waals surface area contributed by atoms with Gasteiger partial charge in [0.1, 0.15) is 17.3 Å². The highest BCUT2D eigenvalue weighted by atomic mass is 35.5. The molecule has 0 fully saturated rings. The average molecular weight is 517 g/mol. The van der Waals surface area contributed by atoms with E-state index >= 15 is 0 Å². The maximum atomic E-state index is 12.6. The van der Waals surface area contributed by atoms with E-state index in [2.05, 4.69) is 25.4 Å². The van der Waals surface area contributed by atoms with Crippen molar-refractivity contribution in [2.45, 2.75) is 39.0 Å². The molecular formula is C26H37ClN6O3. The average Bonchev–Trinajstić information content (AvgIpc) is 3.12. The molecule has 4 N–H and O–H groups in total. The van der Waals surface area contributed by atoms with Crippen molar-refractivity contribution in [2.75, 3.05) is 57.7 Å². The minimum Gasteiger partial charge on any atom is -0.479 e. The number of aliphatic carboxylic acids is 1. The number of likely N-dealkylation sites (N-methyl/N-ethyl adjacent to an activating group) is 1. The third-order valence-electron chi connectivity index (χ3n) is 5.81. The lowest BCUT2D eigenvalue weighted by Gasteiger charge is -2.28. The van der Waals surface area contributed by atoms with Crippen LogP contribution in [0.25, 0.3) is 22.2 Å². The van der Waals surface area contributed by atoms with Crippen molar-refractivity contribution >= 4 is 45.9 Å². The van der Waals surface area contributed by atoms with Crippen LogP contribution in [0.3, 0.4) is 0 Å². The third kappa shape index (κ3) is 5.53. The lowest BCUT2D eigenvalue weighted by molar-refractivity contribution is -0.160. The van der Waals surface area contributed by atoms with Gasteiger partial charge in [0.15, 0.2) is 6.10 Å². The van der Waals surface area contributed by atoms with E-state index in [0.717, 1.165) is 40.2 Å². The summed E-state index contributed by atoms with van der Waals surface area (Å²) in [6.45, 7) is 6.99. The largest absolute Gasteiger partial charge is 0.479 e. The number of hydrogen-bond acceptors (Lipinski definition) is 7. The molecule has 10 heteroatoms. The monoisotopic (exact) mass is 516 g/mol. The van der Waals surface area contributed by atoms with E-state index in [9.17, 15) is 9.90 Å². The first-order valence-electron chi connectivity index (χ1n) is 11.9. The van der Waals surface area contributed by atoms with E-state index in [-0.39, 0.29) is 0 Å². The summed E-state index contributed by atoms with van der Waals surface area (Å²) in [6, 6.07) is 7.39. The highest BCUT2D eigenvalue weighted by Crippen LogP contribution is 2.47. The molecule has 0 aliphatic rings. The van der Waals surface area contributed by atoms with Crippen LogP contribution in [0, 0.1) is 0 Å². The molecule has 0 saturated carbocycles. The van der Waals surface area contributed by atoms with Gasteiger partial charge in [-0.3, -0.25) is 0 Å². The van der Waals surface area contributed by atoms with E-state index in [1.54, 1.807) is 19.2 Å². The van der Waals surface area contributed by atoms with Gasteiger partial charge in [0.05, 0.1) is 16.7 Å². The molecule has 1 atom stereocenters. The Labute approximate surface area is 217 Å². The van der Waals surface area contributed by atoms with Crippen molar-refractivity contribution in [3.63, 3.8) is 0 Å². The lowest BCUT2D eigenvalue weighted by atomic mass is 9.93. The lowest BCUT2D eigenvalue weighted by Crippen LogP contribution is -2.28. The van der Waals surface area contributed by atoms with Gasteiger partial charge in [-0.15, -0.1) is 0 Å². The van der Waals surface area contributed by atoms with Gasteiger partial charge in [0.2, 0.25) is 0 Å². The number of rotatable bonds is 10. The normalized spacial score (nSPS) is 12.7. The molecule has 0 unspecified atom stereocenters. The van der Waals surface area contributed by atoms with Gasteiger partial charge in [-0.1, -0.05) is 23.7 Å². The van der Waals surface area contributed by atoms with Crippen molar-refractivity contribution in [1.29, 1.82) is 0 Å². The van der Waals surface area contributed by atoms with E-state index in [0.29, 0.717) is 22.9 Å². The second-order valence-electron chi connectivity index (χ2n) is 9.83. The molecule has 196 valence electrons. The van der Waals surface area contributed by atoms with Crippen LogP contribution in [-0.2, 0) is 16.1 Å². The predicted octanol–water partition coefficient (Wildman–Crippen LogP) is 4.98. The number of carboxylic acids is 1. The van der Waals surface area contributed by atoms with Gasteiger partial charge in [-0.05, 0) is 52.6 Å². The summed E-state index contributed by atoms with van der Waals surface area (Å²) in [5.74, 6) is 0.211. The fourth-order valence-corrected chi connectivity index (χ4v) is 4.47. The highest BCUT2D eigenvalue weighted by molar-refractivity contribution is 6.30. The highest BCUT2D eigenvalue weighted by Gasteiger charge is 2.35. The number of aromatic nitrogens is 2. The van der Waals surface area contributed by atoms with E-state index in [1.807, 2.05) is 61.1 Å².